The lowest BCUT2D eigenvalue weighted by Crippen LogP contribution is -2.17. The summed E-state index contributed by atoms with van der Waals surface area (Å²) >= 11 is 3.42. The first-order chi connectivity index (χ1) is 9.11. The molecule has 0 amide bonds. The molecule has 0 bridgehead atoms. The molecule has 0 saturated carbocycles. The molecule has 0 heterocycles. The lowest BCUT2D eigenvalue weighted by atomic mass is 9.99. The average molecular weight is 322 g/mol. The van der Waals surface area contributed by atoms with Gasteiger partial charge in [0.1, 0.15) is 5.82 Å². The van der Waals surface area contributed by atoms with Crippen molar-refractivity contribution in [2.24, 2.45) is 0 Å². The summed E-state index contributed by atoms with van der Waals surface area (Å²) in [5.74, 6) is -0.189. The highest BCUT2D eigenvalue weighted by Gasteiger charge is 2.10. The molecule has 0 aliphatic rings. The fourth-order valence-corrected chi connectivity index (χ4v) is 2.51. The van der Waals surface area contributed by atoms with Crippen LogP contribution in [0.5, 0.6) is 0 Å². The zero-order chi connectivity index (χ0) is 13.8. The molecule has 0 aliphatic heterocycles. The maximum atomic E-state index is 14.0. The fourth-order valence-electron chi connectivity index (χ4n) is 2.11. The van der Waals surface area contributed by atoms with Crippen LogP contribution in [0.1, 0.15) is 25.5 Å². The Hall–Kier alpha value is -1.19. The summed E-state index contributed by atoms with van der Waals surface area (Å²) in [7, 11) is 0. The van der Waals surface area contributed by atoms with Gasteiger partial charge in [0, 0.05) is 16.1 Å². The molecule has 100 valence electrons. The van der Waals surface area contributed by atoms with Crippen LogP contribution in [-0.4, -0.2) is 6.54 Å². The smallest absolute Gasteiger partial charge is 0.131 e. The van der Waals surface area contributed by atoms with Crippen LogP contribution in [0.25, 0.3) is 11.1 Å². The Kier molecular flexibility index (Phi) is 4.72. The van der Waals surface area contributed by atoms with Gasteiger partial charge < -0.3 is 5.32 Å². The highest BCUT2D eigenvalue weighted by molar-refractivity contribution is 9.10. The van der Waals surface area contributed by atoms with Crippen LogP contribution in [-0.2, 0) is 0 Å². The standard InChI is InChI=1S/C16H17BrFN/c1-3-19-11(2)12-7-8-16(18)15(10-12)13-5-4-6-14(17)9-13/h4-11,19H,3H2,1-2H3. The number of hydrogen-bond donors (Lipinski definition) is 1. The van der Waals surface area contributed by atoms with Gasteiger partial charge in [-0.3, -0.25) is 0 Å². The molecule has 1 atom stereocenters. The minimum absolute atomic E-state index is 0.189. The molecule has 0 spiro atoms. The zero-order valence-electron chi connectivity index (χ0n) is 11.1. The van der Waals surface area contributed by atoms with Gasteiger partial charge in [0.15, 0.2) is 0 Å². The number of halogens is 2. The van der Waals surface area contributed by atoms with Crippen molar-refractivity contribution in [1.82, 2.24) is 5.32 Å². The van der Waals surface area contributed by atoms with Crippen LogP contribution in [0.3, 0.4) is 0 Å². The summed E-state index contributed by atoms with van der Waals surface area (Å²) in [5, 5.41) is 3.34. The summed E-state index contributed by atoms with van der Waals surface area (Å²) in [5.41, 5.74) is 2.62. The fraction of sp³-hybridized carbons (Fsp3) is 0.250. The van der Waals surface area contributed by atoms with Crippen molar-refractivity contribution in [3.8, 4) is 11.1 Å². The Morgan fingerprint density at radius 3 is 2.68 bits per heavy atom. The van der Waals surface area contributed by atoms with Gasteiger partial charge in [-0.1, -0.05) is 41.1 Å². The van der Waals surface area contributed by atoms with Crippen LogP contribution in [0.2, 0.25) is 0 Å². The van der Waals surface area contributed by atoms with Crippen LogP contribution in [0, 0.1) is 5.82 Å². The molecule has 0 aliphatic carbocycles. The minimum Gasteiger partial charge on any atom is -0.310 e. The van der Waals surface area contributed by atoms with E-state index >= 15 is 0 Å². The Balaban J connectivity index is 2.42. The second-order valence-electron chi connectivity index (χ2n) is 4.53. The first-order valence-corrected chi connectivity index (χ1v) is 7.20. The van der Waals surface area contributed by atoms with Gasteiger partial charge >= 0.3 is 0 Å². The quantitative estimate of drug-likeness (QED) is 0.842. The topological polar surface area (TPSA) is 12.0 Å². The molecule has 0 radical (unpaired) electrons. The summed E-state index contributed by atoms with van der Waals surface area (Å²) in [6.45, 7) is 5.04. The van der Waals surface area contributed by atoms with E-state index in [9.17, 15) is 4.39 Å². The van der Waals surface area contributed by atoms with Gasteiger partial charge in [-0.25, -0.2) is 4.39 Å². The summed E-state index contributed by atoms with van der Waals surface area (Å²) in [6.07, 6.45) is 0. The van der Waals surface area contributed by atoms with Gasteiger partial charge in [0.2, 0.25) is 0 Å². The van der Waals surface area contributed by atoms with Gasteiger partial charge in [-0.15, -0.1) is 0 Å². The van der Waals surface area contributed by atoms with Crippen molar-refractivity contribution in [3.05, 3.63) is 58.3 Å². The molecule has 1 N–H and O–H groups in total. The summed E-state index contributed by atoms with van der Waals surface area (Å²) in [4.78, 5) is 0. The third-order valence-electron chi connectivity index (χ3n) is 3.14. The third kappa shape index (κ3) is 3.43. The number of hydrogen-bond acceptors (Lipinski definition) is 1. The van der Waals surface area contributed by atoms with E-state index in [-0.39, 0.29) is 11.9 Å². The van der Waals surface area contributed by atoms with E-state index in [2.05, 4.69) is 35.1 Å². The van der Waals surface area contributed by atoms with Crippen LogP contribution < -0.4 is 5.32 Å². The highest BCUT2D eigenvalue weighted by Crippen LogP contribution is 2.28. The molecule has 0 fully saturated rings. The van der Waals surface area contributed by atoms with Gasteiger partial charge in [-0.05, 0) is 48.9 Å². The molecule has 1 nitrogen and oxygen atoms in total. The van der Waals surface area contributed by atoms with Gasteiger partial charge in [0.25, 0.3) is 0 Å². The molecule has 3 heteroatoms. The highest BCUT2D eigenvalue weighted by atomic mass is 79.9. The number of nitrogens with one attached hydrogen (secondary N) is 1. The van der Waals surface area contributed by atoms with Crippen LogP contribution >= 0.6 is 15.9 Å². The molecule has 0 saturated heterocycles. The summed E-state index contributed by atoms with van der Waals surface area (Å²) in [6, 6.07) is 13.2. The monoisotopic (exact) mass is 321 g/mol. The van der Waals surface area contributed by atoms with Crippen molar-refractivity contribution < 1.29 is 4.39 Å². The Labute approximate surface area is 122 Å². The van der Waals surface area contributed by atoms with Crippen molar-refractivity contribution in [1.29, 1.82) is 0 Å². The predicted octanol–water partition coefficient (Wildman–Crippen LogP) is 4.93. The molecular weight excluding hydrogens is 305 g/mol. The van der Waals surface area contributed by atoms with E-state index < -0.39 is 0 Å². The molecule has 1 unspecified atom stereocenters. The first-order valence-electron chi connectivity index (χ1n) is 6.40. The predicted molar refractivity (Wildman–Crippen MR) is 81.6 cm³/mol. The molecule has 19 heavy (non-hydrogen) atoms. The molecule has 2 aromatic carbocycles. The van der Waals surface area contributed by atoms with Crippen molar-refractivity contribution in [2.75, 3.05) is 6.54 Å². The average Bonchev–Trinajstić information content (AvgIpc) is 2.39. The summed E-state index contributed by atoms with van der Waals surface area (Å²) < 4.78 is 15.0. The lowest BCUT2D eigenvalue weighted by Gasteiger charge is -2.14. The van der Waals surface area contributed by atoms with Crippen LogP contribution in [0.4, 0.5) is 4.39 Å². The number of rotatable bonds is 4. The Morgan fingerprint density at radius 1 is 1.21 bits per heavy atom. The molecular formula is C16H17BrFN. The van der Waals surface area contributed by atoms with E-state index in [1.54, 1.807) is 6.07 Å². The molecule has 2 aromatic rings. The largest absolute Gasteiger partial charge is 0.310 e. The Morgan fingerprint density at radius 2 is 2.00 bits per heavy atom. The Bertz CT molecular complexity index is 568. The second-order valence-corrected chi connectivity index (χ2v) is 5.44. The van der Waals surface area contributed by atoms with Crippen molar-refractivity contribution in [3.63, 3.8) is 0 Å². The maximum Gasteiger partial charge on any atom is 0.131 e. The second kappa shape index (κ2) is 6.31. The normalized spacial score (nSPS) is 12.4. The molecule has 2 rings (SSSR count). The van der Waals surface area contributed by atoms with E-state index in [1.165, 1.54) is 0 Å². The minimum atomic E-state index is -0.189. The third-order valence-corrected chi connectivity index (χ3v) is 3.63. The zero-order valence-corrected chi connectivity index (χ0v) is 12.7. The van der Waals surface area contributed by atoms with E-state index in [0.29, 0.717) is 5.56 Å². The van der Waals surface area contributed by atoms with E-state index in [4.69, 9.17) is 0 Å². The lowest BCUT2D eigenvalue weighted by molar-refractivity contribution is 0.593. The molecule has 0 aromatic heterocycles. The van der Waals surface area contributed by atoms with Crippen LogP contribution in [0.15, 0.2) is 46.9 Å². The van der Waals surface area contributed by atoms with E-state index in [1.807, 2.05) is 36.4 Å². The number of benzene rings is 2. The van der Waals surface area contributed by atoms with Gasteiger partial charge in [-0.2, -0.15) is 0 Å². The van der Waals surface area contributed by atoms with E-state index in [0.717, 1.165) is 22.1 Å². The van der Waals surface area contributed by atoms with Crippen molar-refractivity contribution in [2.45, 2.75) is 19.9 Å². The SMILES string of the molecule is CCNC(C)c1ccc(F)c(-c2cccc(Br)c2)c1. The first kappa shape index (κ1) is 14.2. The van der Waals surface area contributed by atoms with Gasteiger partial charge in [0.05, 0.1) is 0 Å². The van der Waals surface area contributed by atoms with Crippen molar-refractivity contribution >= 4 is 15.9 Å². The maximum absolute atomic E-state index is 14.0.